The van der Waals surface area contributed by atoms with Crippen LogP contribution in [0.3, 0.4) is 0 Å². The molecular formula is C27H33N3O4. The van der Waals surface area contributed by atoms with Crippen LogP contribution in [0.15, 0.2) is 60.7 Å². The number of ketones is 1. The van der Waals surface area contributed by atoms with Crippen molar-refractivity contribution >= 4 is 23.1 Å². The number of hydrogen-bond acceptors (Lipinski definition) is 6. The van der Waals surface area contributed by atoms with Crippen LogP contribution in [0.2, 0.25) is 0 Å². The summed E-state index contributed by atoms with van der Waals surface area (Å²) in [5.41, 5.74) is 3.10. The zero-order chi connectivity index (χ0) is 25.0. The van der Waals surface area contributed by atoms with Gasteiger partial charge >= 0.3 is 0 Å². The smallest absolute Gasteiger partial charge is 0.295 e. The summed E-state index contributed by atoms with van der Waals surface area (Å²) < 4.78 is 5.57. The Hall–Kier alpha value is -3.58. The fourth-order valence-electron chi connectivity index (χ4n) is 4.01. The van der Waals surface area contributed by atoms with Crippen molar-refractivity contribution < 1.29 is 19.4 Å². The average Bonchev–Trinajstić information content (AvgIpc) is 3.05. The topological polar surface area (TPSA) is 73.3 Å². The number of hydrogen-bond donors (Lipinski definition) is 1. The van der Waals surface area contributed by atoms with Crippen molar-refractivity contribution in [1.82, 2.24) is 9.80 Å². The molecule has 1 atom stereocenters. The second kappa shape index (κ2) is 10.6. The molecule has 180 valence electrons. The SMILES string of the molecule is C=CCOc1ccc(/C(O)=C2\C(=O)C(=O)N(CCN(C)C)C2c2ccc(N(C)C)cc2)c(C)c1. The molecule has 3 rings (SSSR count). The van der Waals surface area contributed by atoms with Gasteiger partial charge < -0.3 is 24.5 Å². The molecule has 1 saturated heterocycles. The molecule has 7 nitrogen and oxygen atoms in total. The average molecular weight is 464 g/mol. The van der Waals surface area contributed by atoms with E-state index in [9.17, 15) is 14.7 Å². The summed E-state index contributed by atoms with van der Waals surface area (Å²) in [7, 11) is 7.72. The van der Waals surface area contributed by atoms with Gasteiger partial charge in [-0.25, -0.2) is 0 Å². The molecule has 0 saturated carbocycles. The lowest BCUT2D eigenvalue weighted by atomic mass is 9.93. The molecule has 0 aromatic heterocycles. The summed E-state index contributed by atoms with van der Waals surface area (Å²) >= 11 is 0. The summed E-state index contributed by atoms with van der Waals surface area (Å²) in [6.07, 6.45) is 1.65. The van der Waals surface area contributed by atoms with E-state index in [0.29, 0.717) is 31.0 Å². The number of aryl methyl sites for hydroxylation is 1. The van der Waals surface area contributed by atoms with Crippen molar-refractivity contribution in [3.63, 3.8) is 0 Å². The highest BCUT2D eigenvalue weighted by molar-refractivity contribution is 6.46. The third kappa shape index (κ3) is 5.15. The van der Waals surface area contributed by atoms with Gasteiger partial charge in [-0.2, -0.15) is 0 Å². The number of carbonyl (C=O) groups excluding carboxylic acids is 2. The van der Waals surface area contributed by atoms with Crippen LogP contribution in [-0.2, 0) is 9.59 Å². The van der Waals surface area contributed by atoms with Crippen molar-refractivity contribution in [2.75, 3.05) is 52.8 Å². The fraction of sp³-hybridized carbons (Fsp3) is 0.333. The predicted molar refractivity (Wildman–Crippen MR) is 135 cm³/mol. The molecule has 0 radical (unpaired) electrons. The zero-order valence-electron chi connectivity index (χ0n) is 20.5. The van der Waals surface area contributed by atoms with Gasteiger partial charge in [-0.15, -0.1) is 0 Å². The number of likely N-dealkylation sites (tertiary alicyclic amines) is 1. The van der Waals surface area contributed by atoms with E-state index >= 15 is 0 Å². The number of anilines is 1. The number of aliphatic hydroxyl groups is 1. The zero-order valence-corrected chi connectivity index (χ0v) is 20.5. The van der Waals surface area contributed by atoms with Crippen molar-refractivity contribution in [2.45, 2.75) is 13.0 Å². The molecule has 2 aromatic carbocycles. The first kappa shape index (κ1) is 25.1. The van der Waals surface area contributed by atoms with Crippen molar-refractivity contribution in [3.8, 4) is 5.75 Å². The monoisotopic (exact) mass is 463 g/mol. The first-order chi connectivity index (χ1) is 16.1. The molecule has 1 aliphatic rings. The maximum atomic E-state index is 13.2. The third-order valence-electron chi connectivity index (χ3n) is 5.87. The summed E-state index contributed by atoms with van der Waals surface area (Å²) in [6, 6.07) is 12.3. The Kier molecular flexibility index (Phi) is 7.79. The molecule has 34 heavy (non-hydrogen) atoms. The summed E-state index contributed by atoms with van der Waals surface area (Å²) in [5.74, 6) is -0.825. The third-order valence-corrected chi connectivity index (χ3v) is 5.87. The van der Waals surface area contributed by atoms with Crippen LogP contribution in [0.1, 0.15) is 22.7 Å². The maximum absolute atomic E-state index is 13.2. The van der Waals surface area contributed by atoms with Gasteiger partial charge in [0.05, 0.1) is 11.6 Å². The van der Waals surface area contributed by atoms with Gasteiger partial charge in [-0.1, -0.05) is 24.8 Å². The van der Waals surface area contributed by atoms with Crippen LogP contribution in [-0.4, -0.2) is 74.5 Å². The van der Waals surface area contributed by atoms with Gasteiger partial charge in [0.25, 0.3) is 11.7 Å². The predicted octanol–water partition coefficient (Wildman–Crippen LogP) is 3.61. The Morgan fingerprint density at radius 1 is 1.12 bits per heavy atom. The van der Waals surface area contributed by atoms with E-state index in [2.05, 4.69) is 6.58 Å². The molecule has 1 aliphatic heterocycles. The summed E-state index contributed by atoms with van der Waals surface area (Å²) in [4.78, 5) is 31.7. The molecule has 1 unspecified atom stereocenters. The Balaban J connectivity index is 2.11. The Labute approximate surface area is 201 Å². The first-order valence-corrected chi connectivity index (χ1v) is 11.2. The van der Waals surface area contributed by atoms with Crippen LogP contribution in [0.25, 0.3) is 5.76 Å². The largest absolute Gasteiger partial charge is 0.507 e. The Bertz CT molecular complexity index is 1100. The highest BCUT2D eigenvalue weighted by Crippen LogP contribution is 2.40. The molecule has 0 spiro atoms. The van der Waals surface area contributed by atoms with E-state index in [4.69, 9.17) is 4.74 Å². The highest BCUT2D eigenvalue weighted by Gasteiger charge is 2.46. The van der Waals surface area contributed by atoms with Crippen LogP contribution < -0.4 is 9.64 Å². The molecule has 2 aromatic rings. The summed E-state index contributed by atoms with van der Waals surface area (Å²) in [5, 5.41) is 11.3. The first-order valence-electron chi connectivity index (χ1n) is 11.2. The summed E-state index contributed by atoms with van der Waals surface area (Å²) in [6.45, 7) is 6.80. The van der Waals surface area contributed by atoms with Gasteiger partial charge in [0.15, 0.2) is 0 Å². The Morgan fingerprint density at radius 2 is 1.79 bits per heavy atom. The minimum Gasteiger partial charge on any atom is -0.507 e. The standard InChI is InChI=1S/C27H33N3O4/c1-7-16-34-21-12-13-22(18(2)17-21)25(31)23-24(19-8-10-20(11-9-19)29(5)6)30(15-14-28(3)4)27(33)26(23)32/h7-13,17,24,31H,1,14-16H2,2-6H3/b25-23+. The van der Waals surface area contributed by atoms with Crippen LogP contribution in [0.4, 0.5) is 5.69 Å². The number of aliphatic hydroxyl groups excluding tert-OH is 1. The van der Waals surface area contributed by atoms with Crippen molar-refractivity contribution in [3.05, 3.63) is 77.4 Å². The van der Waals surface area contributed by atoms with Gasteiger partial charge in [0, 0.05) is 38.4 Å². The van der Waals surface area contributed by atoms with Crippen LogP contribution in [0, 0.1) is 6.92 Å². The van der Waals surface area contributed by atoms with E-state index in [1.165, 1.54) is 0 Å². The lowest BCUT2D eigenvalue weighted by Crippen LogP contribution is -2.35. The van der Waals surface area contributed by atoms with Crippen molar-refractivity contribution in [2.24, 2.45) is 0 Å². The van der Waals surface area contributed by atoms with E-state index in [1.807, 2.05) is 69.2 Å². The minimum absolute atomic E-state index is 0.101. The van der Waals surface area contributed by atoms with E-state index in [0.717, 1.165) is 16.8 Å². The highest BCUT2D eigenvalue weighted by atomic mass is 16.5. The Morgan fingerprint density at radius 3 is 2.35 bits per heavy atom. The number of amides is 1. The van der Waals surface area contributed by atoms with Crippen LogP contribution >= 0.6 is 0 Å². The maximum Gasteiger partial charge on any atom is 0.295 e. The molecule has 1 heterocycles. The molecule has 7 heteroatoms. The van der Waals surface area contributed by atoms with Gasteiger partial charge in [0.2, 0.25) is 0 Å². The number of Topliss-reactive ketones (excluding diaryl/α,β-unsaturated/α-hetero) is 1. The number of likely N-dealkylation sites (N-methyl/N-ethyl adjacent to an activating group) is 1. The molecule has 0 aliphatic carbocycles. The normalized spacial score (nSPS) is 17.4. The lowest BCUT2D eigenvalue weighted by Gasteiger charge is -2.27. The molecular weight excluding hydrogens is 430 g/mol. The number of benzene rings is 2. The fourth-order valence-corrected chi connectivity index (χ4v) is 4.01. The molecule has 0 bridgehead atoms. The van der Waals surface area contributed by atoms with Gasteiger partial charge in [0.1, 0.15) is 18.1 Å². The number of carbonyl (C=O) groups is 2. The van der Waals surface area contributed by atoms with E-state index < -0.39 is 17.7 Å². The van der Waals surface area contributed by atoms with Gasteiger partial charge in [-0.05, 0) is 62.5 Å². The number of ether oxygens (including phenoxy) is 1. The molecule has 1 N–H and O–H groups in total. The molecule has 1 fully saturated rings. The van der Waals surface area contributed by atoms with E-state index in [-0.39, 0.29) is 11.3 Å². The van der Waals surface area contributed by atoms with Crippen molar-refractivity contribution in [1.29, 1.82) is 0 Å². The van der Waals surface area contributed by atoms with Crippen LogP contribution in [0.5, 0.6) is 5.75 Å². The van der Waals surface area contributed by atoms with E-state index in [1.54, 1.807) is 29.2 Å². The van der Waals surface area contributed by atoms with Gasteiger partial charge in [-0.3, -0.25) is 9.59 Å². The number of rotatable bonds is 9. The second-order valence-corrected chi connectivity index (χ2v) is 8.86. The number of nitrogens with zero attached hydrogens (tertiary/aromatic N) is 3. The molecule has 1 amide bonds. The lowest BCUT2D eigenvalue weighted by molar-refractivity contribution is -0.140. The second-order valence-electron chi connectivity index (χ2n) is 8.86. The quantitative estimate of drug-likeness (QED) is 0.265. The minimum atomic E-state index is -0.677.